The molecule has 0 amide bonds. The molecule has 3 nitrogen and oxygen atoms in total. The molecule has 0 bridgehead atoms. The monoisotopic (exact) mass is 127 g/mol. The Kier molecular flexibility index (Phi) is 2.13. The predicted molar refractivity (Wildman–Crippen MR) is 32.7 cm³/mol. The number of carbonyl (C=O) groups is 1. The van der Waals surface area contributed by atoms with Gasteiger partial charge in [-0.1, -0.05) is 0 Å². The minimum atomic E-state index is 0.472. The maximum absolute atomic E-state index is 9.96. The Hall–Kier alpha value is -0.990. The van der Waals surface area contributed by atoms with Crippen LogP contribution >= 0.6 is 0 Å². The first kappa shape index (κ1) is 6.13. The zero-order valence-corrected chi connectivity index (χ0v) is 5.12. The summed E-state index contributed by atoms with van der Waals surface area (Å²) < 4.78 is 4.91. The van der Waals surface area contributed by atoms with Gasteiger partial charge < -0.3 is 14.4 Å². The van der Waals surface area contributed by atoms with Crippen LogP contribution in [-0.4, -0.2) is 30.9 Å². The summed E-state index contributed by atoms with van der Waals surface area (Å²) in [5.74, 6) is 0. The van der Waals surface area contributed by atoms with Gasteiger partial charge in [-0.25, -0.2) is 0 Å². The fraction of sp³-hybridized carbons (Fsp3) is 0.500. The van der Waals surface area contributed by atoms with Crippen LogP contribution in [0.4, 0.5) is 0 Å². The van der Waals surface area contributed by atoms with Gasteiger partial charge in [-0.05, 0) is 0 Å². The first-order chi connectivity index (χ1) is 4.43. The van der Waals surface area contributed by atoms with Crippen molar-refractivity contribution in [2.24, 2.45) is 0 Å². The highest BCUT2D eigenvalue weighted by Crippen LogP contribution is 1.95. The summed E-state index contributed by atoms with van der Waals surface area (Å²) in [5, 5.41) is 0. The maximum atomic E-state index is 9.96. The van der Waals surface area contributed by atoms with E-state index in [0.717, 1.165) is 12.8 Å². The first-order valence-electron chi connectivity index (χ1n) is 2.89. The summed E-state index contributed by atoms with van der Waals surface area (Å²) in [7, 11) is 0. The SMILES string of the molecule is O=CCN1C=COCC1. The molecule has 0 unspecified atom stereocenters. The second-order valence-corrected chi connectivity index (χ2v) is 1.82. The average molecular weight is 127 g/mol. The summed E-state index contributed by atoms with van der Waals surface area (Å²) in [6, 6.07) is 0. The van der Waals surface area contributed by atoms with Gasteiger partial charge in [-0.3, -0.25) is 0 Å². The summed E-state index contributed by atoms with van der Waals surface area (Å²) in [4.78, 5) is 11.9. The van der Waals surface area contributed by atoms with Gasteiger partial charge in [-0.15, -0.1) is 0 Å². The van der Waals surface area contributed by atoms with Crippen LogP contribution < -0.4 is 0 Å². The quantitative estimate of drug-likeness (QED) is 0.488. The van der Waals surface area contributed by atoms with Crippen molar-refractivity contribution in [3.05, 3.63) is 12.5 Å². The summed E-state index contributed by atoms with van der Waals surface area (Å²) >= 11 is 0. The van der Waals surface area contributed by atoms with Crippen molar-refractivity contribution in [2.75, 3.05) is 19.7 Å². The standard InChI is InChI=1S/C6H9NO2/c8-4-1-7-2-5-9-6-3-7/h2,4-5H,1,3,6H2. The number of aldehydes is 1. The van der Waals surface area contributed by atoms with Gasteiger partial charge in [0.1, 0.15) is 12.9 Å². The lowest BCUT2D eigenvalue weighted by Crippen LogP contribution is -2.26. The van der Waals surface area contributed by atoms with E-state index in [9.17, 15) is 4.79 Å². The molecule has 0 atom stereocenters. The van der Waals surface area contributed by atoms with E-state index in [4.69, 9.17) is 4.74 Å². The van der Waals surface area contributed by atoms with E-state index in [1.54, 1.807) is 12.5 Å². The molecule has 1 aliphatic heterocycles. The summed E-state index contributed by atoms with van der Waals surface area (Å²) in [5.41, 5.74) is 0. The molecule has 1 heterocycles. The molecule has 0 fully saturated rings. The number of nitrogens with zero attached hydrogens (tertiary/aromatic N) is 1. The van der Waals surface area contributed by atoms with Crippen LogP contribution in [0.1, 0.15) is 0 Å². The Morgan fingerprint density at radius 2 is 2.67 bits per heavy atom. The molecular weight excluding hydrogens is 118 g/mol. The molecule has 0 saturated heterocycles. The molecule has 0 N–H and O–H groups in total. The zero-order chi connectivity index (χ0) is 6.53. The maximum Gasteiger partial charge on any atom is 0.139 e. The molecule has 0 radical (unpaired) electrons. The van der Waals surface area contributed by atoms with Crippen LogP contribution in [0.5, 0.6) is 0 Å². The third-order valence-electron chi connectivity index (χ3n) is 1.17. The van der Waals surface area contributed by atoms with Crippen LogP contribution in [0.15, 0.2) is 12.5 Å². The summed E-state index contributed by atoms with van der Waals surface area (Å²) in [6.45, 7) is 1.97. The van der Waals surface area contributed by atoms with E-state index in [0.29, 0.717) is 13.2 Å². The van der Waals surface area contributed by atoms with E-state index in [2.05, 4.69) is 0 Å². The molecule has 3 heteroatoms. The molecule has 0 aromatic carbocycles. The van der Waals surface area contributed by atoms with E-state index in [-0.39, 0.29) is 0 Å². The van der Waals surface area contributed by atoms with Gasteiger partial charge in [0.05, 0.1) is 19.4 Å². The van der Waals surface area contributed by atoms with E-state index in [1.165, 1.54) is 0 Å². The number of carbonyl (C=O) groups excluding carboxylic acids is 1. The Bertz CT molecular complexity index is 122. The zero-order valence-electron chi connectivity index (χ0n) is 5.12. The molecule has 0 aromatic rings. The molecule has 1 aliphatic rings. The predicted octanol–water partition coefficient (Wildman–Crippen LogP) is -0.0113. The van der Waals surface area contributed by atoms with Gasteiger partial charge in [0.2, 0.25) is 0 Å². The van der Waals surface area contributed by atoms with Gasteiger partial charge in [0.25, 0.3) is 0 Å². The van der Waals surface area contributed by atoms with Crippen molar-refractivity contribution in [1.82, 2.24) is 4.90 Å². The van der Waals surface area contributed by atoms with Gasteiger partial charge in [0.15, 0.2) is 0 Å². The second-order valence-electron chi connectivity index (χ2n) is 1.82. The topological polar surface area (TPSA) is 29.5 Å². The Balaban J connectivity index is 2.31. The van der Waals surface area contributed by atoms with E-state index in [1.807, 2.05) is 4.90 Å². The molecule has 0 aromatic heterocycles. The van der Waals surface area contributed by atoms with Crippen LogP contribution in [0.25, 0.3) is 0 Å². The number of hydrogen-bond donors (Lipinski definition) is 0. The number of ether oxygens (including phenoxy) is 1. The number of rotatable bonds is 2. The van der Waals surface area contributed by atoms with E-state index >= 15 is 0 Å². The molecule has 0 aliphatic carbocycles. The smallest absolute Gasteiger partial charge is 0.139 e. The average Bonchev–Trinajstić information content (AvgIpc) is 1.91. The highest BCUT2D eigenvalue weighted by Gasteiger charge is 2.00. The lowest BCUT2D eigenvalue weighted by molar-refractivity contribution is -0.108. The Morgan fingerprint density at radius 1 is 1.78 bits per heavy atom. The highest BCUT2D eigenvalue weighted by atomic mass is 16.5. The Labute approximate surface area is 53.9 Å². The van der Waals surface area contributed by atoms with Crippen LogP contribution in [0, 0.1) is 0 Å². The van der Waals surface area contributed by atoms with Crippen molar-refractivity contribution < 1.29 is 9.53 Å². The van der Waals surface area contributed by atoms with Gasteiger partial charge in [-0.2, -0.15) is 0 Å². The van der Waals surface area contributed by atoms with E-state index < -0.39 is 0 Å². The molecule has 50 valence electrons. The van der Waals surface area contributed by atoms with Crippen molar-refractivity contribution in [2.45, 2.75) is 0 Å². The third-order valence-corrected chi connectivity index (χ3v) is 1.17. The summed E-state index contributed by atoms with van der Waals surface area (Å²) in [6.07, 6.45) is 4.26. The van der Waals surface area contributed by atoms with Crippen molar-refractivity contribution in [3.63, 3.8) is 0 Å². The van der Waals surface area contributed by atoms with Gasteiger partial charge >= 0.3 is 0 Å². The minimum absolute atomic E-state index is 0.472. The fourth-order valence-corrected chi connectivity index (χ4v) is 0.690. The normalized spacial score (nSPS) is 17.1. The molecular formula is C6H9NO2. The third kappa shape index (κ3) is 1.76. The Morgan fingerprint density at radius 3 is 3.22 bits per heavy atom. The lowest BCUT2D eigenvalue weighted by Gasteiger charge is -2.20. The molecule has 1 rings (SSSR count). The minimum Gasteiger partial charge on any atom is -0.498 e. The van der Waals surface area contributed by atoms with Crippen LogP contribution in [-0.2, 0) is 9.53 Å². The molecule has 0 saturated carbocycles. The number of hydrogen-bond acceptors (Lipinski definition) is 3. The highest BCUT2D eigenvalue weighted by molar-refractivity contribution is 5.52. The molecule has 9 heavy (non-hydrogen) atoms. The van der Waals surface area contributed by atoms with Crippen LogP contribution in [0.3, 0.4) is 0 Å². The fourth-order valence-electron chi connectivity index (χ4n) is 0.690. The van der Waals surface area contributed by atoms with Crippen molar-refractivity contribution >= 4 is 6.29 Å². The molecule has 0 spiro atoms. The largest absolute Gasteiger partial charge is 0.498 e. The van der Waals surface area contributed by atoms with Crippen molar-refractivity contribution in [1.29, 1.82) is 0 Å². The van der Waals surface area contributed by atoms with Crippen molar-refractivity contribution in [3.8, 4) is 0 Å². The lowest BCUT2D eigenvalue weighted by atomic mass is 10.5. The van der Waals surface area contributed by atoms with Gasteiger partial charge in [0, 0.05) is 6.20 Å². The first-order valence-corrected chi connectivity index (χ1v) is 2.89. The second kappa shape index (κ2) is 3.12. The van der Waals surface area contributed by atoms with Crippen LogP contribution in [0.2, 0.25) is 0 Å².